The highest BCUT2D eigenvalue weighted by atomic mass is 35.5. The van der Waals surface area contributed by atoms with Gasteiger partial charge in [-0.15, -0.1) is 28.3 Å². The fourth-order valence-corrected chi connectivity index (χ4v) is 2.76. The van der Waals surface area contributed by atoms with Crippen LogP contribution in [0, 0.1) is 5.92 Å². The lowest BCUT2D eigenvalue weighted by Gasteiger charge is -2.15. The van der Waals surface area contributed by atoms with Crippen LogP contribution in [0.5, 0.6) is 0 Å². The predicted molar refractivity (Wildman–Crippen MR) is 69.3 cm³/mol. The molecule has 1 unspecified atom stereocenters. The van der Waals surface area contributed by atoms with Gasteiger partial charge in [-0.25, -0.2) is 4.68 Å². The number of alkyl halides is 2. The Morgan fingerprint density at radius 3 is 2.94 bits per heavy atom. The second kappa shape index (κ2) is 6.57. The summed E-state index contributed by atoms with van der Waals surface area (Å²) in [6.45, 7) is 3.07. The fraction of sp³-hybridized carbons (Fsp3) is 0.818. The molecular formula is C11H18Cl2N4. The lowest BCUT2D eigenvalue weighted by Crippen LogP contribution is -2.25. The molecule has 1 aliphatic heterocycles. The van der Waals surface area contributed by atoms with E-state index in [1.807, 2.05) is 4.68 Å². The van der Waals surface area contributed by atoms with E-state index in [1.165, 1.54) is 19.3 Å². The Morgan fingerprint density at radius 2 is 2.18 bits per heavy atom. The lowest BCUT2D eigenvalue weighted by atomic mass is 10.0. The highest BCUT2D eigenvalue weighted by Crippen LogP contribution is 2.17. The largest absolute Gasteiger partial charge is 0.316 e. The van der Waals surface area contributed by atoms with Gasteiger partial charge in [0.1, 0.15) is 5.69 Å². The molecule has 1 atom stereocenters. The Balaban J connectivity index is 2.03. The Bertz CT molecular complexity index is 345. The summed E-state index contributed by atoms with van der Waals surface area (Å²) in [6.07, 6.45) is 3.79. The van der Waals surface area contributed by atoms with E-state index in [9.17, 15) is 0 Å². The van der Waals surface area contributed by atoms with Crippen molar-refractivity contribution >= 4 is 23.2 Å². The maximum Gasteiger partial charge on any atom is 0.102 e. The summed E-state index contributed by atoms with van der Waals surface area (Å²) in [6, 6.07) is 0. The number of aromatic nitrogens is 3. The molecule has 1 fully saturated rings. The Hall–Kier alpha value is -0.320. The summed E-state index contributed by atoms with van der Waals surface area (Å²) in [7, 11) is 0. The molecule has 2 rings (SSSR count). The Kier molecular flexibility index (Phi) is 5.07. The summed E-state index contributed by atoms with van der Waals surface area (Å²) < 4.78 is 1.92. The molecule has 0 aliphatic carbocycles. The number of nitrogens with one attached hydrogen (secondary N) is 1. The monoisotopic (exact) mass is 276 g/mol. The van der Waals surface area contributed by atoms with E-state index < -0.39 is 0 Å². The summed E-state index contributed by atoms with van der Waals surface area (Å²) >= 11 is 11.7. The maximum atomic E-state index is 5.93. The quantitative estimate of drug-likeness (QED) is 0.857. The molecule has 0 bridgehead atoms. The molecule has 1 aromatic heterocycles. The molecule has 0 spiro atoms. The second-order valence-electron chi connectivity index (χ2n) is 4.50. The van der Waals surface area contributed by atoms with Crippen molar-refractivity contribution in [3.8, 4) is 0 Å². The molecule has 0 saturated carbocycles. The number of rotatable bonds is 4. The molecule has 1 aromatic rings. The van der Waals surface area contributed by atoms with E-state index in [2.05, 4.69) is 15.6 Å². The van der Waals surface area contributed by atoms with Crippen molar-refractivity contribution in [1.82, 2.24) is 20.3 Å². The van der Waals surface area contributed by atoms with Crippen LogP contribution >= 0.6 is 23.2 Å². The second-order valence-corrected chi connectivity index (χ2v) is 5.03. The molecule has 0 aromatic carbocycles. The van der Waals surface area contributed by atoms with Gasteiger partial charge in [0.05, 0.1) is 17.5 Å². The molecule has 2 heterocycles. The van der Waals surface area contributed by atoms with Gasteiger partial charge in [0, 0.05) is 6.54 Å². The van der Waals surface area contributed by atoms with Crippen molar-refractivity contribution in [1.29, 1.82) is 0 Å². The van der Waals surface area contributed by atoms with Gasteiger partial charge in [-0.2, -0.15) is 0 Å². The van der Waals surface area contributed by atoms with Gasteiger partial charge in [0.15, 0.2) is 0 Å². The third-order valence-corrected chi connectivity index (χ3v) is 3.76. The zero-order chi connectivity index (χ0) is 12.1. The molecular weight excluding hydrogens is 259 g/mol. The zero-order valence-corrected chi connectivity index (χ0v) is 11.3. The zero-order valence-electron chi connectivity index (χ0n) is 9.83. The average molecular weight is 277 g/mol. The third-order valence-electron chi connectivity index (χ3n) is 3.25. The van der Waals surface area contributed by atoms with Gasteiger partial charge in [-0.3, -0.25) is 0 Å². The first-order chi connectivity index (χ1) is 8.35. The molecule has 1 saturated heterocycles. The molecule has 1 aliphatic rings. The SMILES string of the molecule is ClCc1nnn(CC2CCCCNC2)c1CCl. The average Bonchev–Trinajstić information content (AvgIpc) is 2.55. The summed E-state index contributed by atoms with van der Waals surface area (Å²) in [5, 5.41) is 11.7. The van der Waals surface area contributed by atoms with Crippen molar-refractivity contribution in [2.75, 3.05) is 13.1 Å². The van der Waals surface area contributed by atoms with Crippen LogP contribution in [0.1, 0.15) is 30.7 Å². The minimum atomic E-state index is 0.380. The van der Waals surface area contributed by atoms with Gasteiger partial charge >= 0.3 is 0 Å². The molecule has 6 heteroatoms. The van der Waals surface area contributed by atoms with Gasteiger partial charge in [0.2, 0.25) is 0 Å². The third kappa shape index (κ3) is 3.33. The van der Waals surface area contributed by atoms with Crippen molar-refractivity contribution in [3.05, 3.63) is 11.4 Å². The number of halogens is 2. The molecule has 1 N–H and O–H groups in total. The Labute approximate surface area is 112 Å². The van der Waals surface area contributed by atoms with Crippen molar-refractivity contribution < 1.29 is 0 Å². The van der Waals surface area contributed by atoms with Gasteiger partial charge in [-0.05, 0) is 31.8 Å². The topological polar surface area (TPSA) is 42.7 Å². The van der Waals surface area contributed by atoms with Crippen LogP contribution in [-0.4, -0.2) is 28.1 Å². The predicted octanol–water partition coefficient (Wildman–Crippen LogP) is 2.15. The minimum absolute atomic E-state index is 0.380. The van der Waals surface area contributed by atoms with Crippen LogP contribution in [0.25, 0.3) is 0 Å². The molecule has 0 amide bonds. The van der Waals surface area contributed by atoms with Crippen LogP contribution in [0.2, 0.25) is 0 Å². The highest BCUT2D eigenvalue weighted by molar-refractivity contribution is 6.18. The van der Waals surface area contributed by atoms with Crippen LogP contribution in [-0.2, 0) is 18.3 Å². The van der Waals surface area contributed by atoms with Crippen LogP contribution < -0.4 is 5.32 Å². The number of hydrogen-bond acceptors (Lipinski definition) is 3. The summed E-state index contributed by atoms with van der Waals surface area (Å²) in [5.41, 5.74) is 1.77. The normalized spacial score (nSPS) is 21.4. The van der Waals surface area contributed by atoms with Crippen LogP contribution in [0.3, 0.4) is 0 Å². The van der Waals surface area contributed by atoms with Gasteiger partial charge < -0.3 is 5.32 Å². The van der Waals surface area contributed by atoms with E-state index in [0.29, 0.717) is 17.7 Å². The first-order valence-corrected chi connectivity index (χ1v) is 7.16. The first-order valence-electron chi connectivity index (χ1n) is 6.09. The standard InChI is InChI=1S/C11H18Cl2N4/c12-5-10-11(6-13)17(16-15-10)8-9-3-1-2-4-14-7-9/h9,14H,1-8H2. The molecule has 96 valence electrons. The summed E-state index contributed by atoms with van der Waals surface area (Å²) in [4.78, 5) is 0. The van der Waals surface area contributed by atoms with Gasteiger partial charge in [-0.1, -0.05) is 11.6 Å². The lowest BCUT2D eigenvalue weighted by molar-refractivity contribution is 0.381. The van der Waals surface area contributed by atoms with E-state index in [-0.39, 0.29) is 0 Å². The van der Waals surface area contributed by atoms with Gasteiger partial charge in [0.25, 0.3) is 0 Å². The van der Waals surface area contributed by atoms with E-state index in [0.717, 1.165) is 31.0 Å². The number of hydrogen-bond donors (Lipinski definition) is 1. The maximum absolute atomic E-state index is 5.93. The van der Waals surface area contributed by atoms with Crippen molar-refractivity contribution in [2.24, 2.45) is 5.92 Å². The highest BCUT2D eigenvalue weighted by Gasteiger charge is 2.17. The van der Waals surface area contributed by atoms with Crippen molar-refractivity contribution in [2.45, 2.75) is 37.6 Å². The Morgan fingerprint density at radius 1 is 1.29 bits per heavy atom. The summed E-state index contributed by atoms with van der Waals surface area (Å²) in [5.74, 6) is 1.42. The van der Waals surface area contributed by atoms with E-state index in [4.69, 9.17) is 23.2 Å². The van der Waals surface area contributed by atoms with E-state index >= 15 is 0 Å². The van der Waals surface area contributed by atoms with Crippen LogP contribution in [0.15, 0.2) is 0 Å². The number of nitrogens with zero attached hydrogens (tertiary/aromatic N) is 3. The fourth-order valence-electron chi connectivity index (χ4n) is 2.26. The van der Waals surface area contributed by atoms with Crippen molar-refractivity contribution in [3.63, 3.8) is 0 Å². The smallest absolute Gasteiger partial charge is 0.102 e. The minimum Gasteiger partial charge on any atom is -0.316 e. The molecule has 0 radical (unpaired) electrons. The molecule has 17 heavy (non-hydrogen) atoms. The molecule has 4 nitrogen and oxygen atoms in total. The first kappa shape index (κ1) is 13.1. The van der Waals surface area contributed by atoms with E-state index in [1.54, 1.807) is 0 Å². The van der Waals surface area contributed by atoms with Crippen LogP contribution in [0.4, 0.5) is 0 Å².